The van der Waals surface area contributed by atoms with Crippen LogP contribution in [0.25, 0.3) is 0 Å². The minimum Gasteiger partial charge on any atom is -0.756 e. The molecule has 9 nitrogen and oxygen atoms in total. The largest absolute Gasteiger partial charge is 0.756 e. The molecule has 3 unspecified atom stereocenters. The Bertz CT molecular complexity index is 1650. The van der Waals surface area contributed by atoms with Crippen molar-refractivity contribution in [2.24, 2.45) is 0 Å². The number of phosphoric ester groups is 1. The maximum absolute atomic E-state index is 13.6. The summed E-state index contributed by atoms with van der Waals surface area (Å²) in [6.07, 6.45) is 81.7. The van der Waals surface area contributed by atoms with E-state index in [1.54, 1.807) is 0 Å². The Kier molecular flexibility index (Phi) is 60.6. The molecule has 0 aromatic heterocycles. The normalized spacial score (nSPS) is 14.0. The van der Waals surface area contributed by atoms with Crippen LogP contribution in [-0.4, -0.2) is 69.4 Å². The highest BCUT2D eigenvalue weighted by Gasteiger charge is 2.27. The van der Waals surface area contributed by atoms with Crippen molar-refractivity contribution in [2.75, 3.05) is 40.9 Å². The number of hydrogen-bond donors (Lipinski definition) is 1. The molecule has 0 radical (unpaired) electrons. The van der Waals surface area contributed by atoms with E-state index in [4.69, 9.17) is 13.8 Å². The minimum atomic E-state index is -4.71. The Hall–Kier alpha value is -2.55. The Morgan fingerprint density at radius 3 is 1.13 bits per heavy atom. The van der Waals surface area contributed by atoms with Gasteiger partial charge in [0, 0.05) is 12.8 Å². The van der Waals surface area contributed by atoms with Gasteiger partial charge in [-0.05, 0) is 102 Å². The molecule has 0 rings (SSSR count). The van der Waals surface area contributed by atoms with Crippen LogP contribution in [0.1, 0.15) is 329 Å². The van der Waals surface area contributed by atoms with Gasteiger partial charge in [-0.1, -0.05) is 287 Å². The molecule has 0 aliphatic carbocycles. The summed E-state index contributed by atoms with van der Waals surface area (Å²) in [6.45, 7) is 6.82. The average Bonchev–Trinajstić information content (AvgIpc) is 3.51. The summed E-state index contributed by atoms with van der Waals surface area (Å²) in [5, 5.41) is 3.04. The number of carbonyl (C=O) groups is 2. The Balaban J connectivity index is 5.06. The van der Waals surface area contributed by atoms with Crippen LogP contribution in [0.15, 0.2) is 72.9 Å². The van der Waals surface area contributed by atoms with Crippen LogP contribution in [0, 0.1) is 0 Å². The number of nitrogens with zero attached hydrogens (tertiary/aromatic N) is 1. The van der Waals surface area contributed by atoms with Gasteiger partial charge in [0.15, 0.2) is 0 Å². The highest BCUT2D eigenvalue weighted by Crippen LogP contribution is 2.38. The second-order valence-electron chi connectivity index (χ2n) is 25.0. The van der Waals surface area contributed by atoms with E-state index in [0.717, 1.165) is 89.9 Å². The van der Waals surface area contributed by atoms with Crippen LogP contribution in [0.4, 0.5) is 0 Å². The maximum atomic E-state index is 13.6. The third-order valence-corrected chi connectivity index (χ3v) is 16.6. The molecule has 0 aromatic carbocycles. The summed E-state index contributed by atoms with van der Waals surface area (Å²) in [6, 6.07) is -0.898. The highest BCUT2D eigenvalue weighted by molar-refractivity contribution is 7.45. The average molecular weight is 1180 g/mol. The topological polar surface area (TPSA) is 114 Å². The molecular formula is C73H135N2O7P. The van der Waals surface area contributed by atoms with E-state index in [1.165, 1.54) is 199 Å². The fourth-order valence-corrected chi connectivity index (χ4v) is 10.9. The van der Waals surface area contributed by atoms with Gasteiger partial charge in [0.1, 0.15) is 19.3 Å². The molecule has 3 atom stereocenters. The van der Waals surface area contributed by atoms with Crippen LogP contribution >= 0.6 is 7.82 Å². The number of unbranched alkanes of at least 4 members (excludes halogenated alkanes) is 38. The van der Waals surface area contributed by atoms with Crippen molar-refractivity contribution >= 4 is 19.7 Å². The van der Waals surface area contributed by atoms with E-state index < -0.39 is 26.6 Å². The number of allylic oxidation sites excluding steroid dienone is 11. The molecule has 1 amide bonds. The van der Waals surface area contributed by atoms with Crippen LogP contribution < -0.4 is 10.2 Å². The van der Waals surface area contributed by atoms with Gasteiger partial charge in [0.2, 0.25) is 5.91 Å². The standard InChI is InChI=1S/C73H135N2O7P/c1-7-10-13-16-19-22-25-27-29-31-33-35-36-37-38-40-41-43-45-47-50-53-56-59-62-65-72(76)74-70(69-81-83(78,79)80-68-67-75(4,5)6)71(64-61-58-55-52-49-24-21-18-15-12-9-3)82-73(77)66-63-60-57-54-51-48-46-44-42-39-34-32-30-28-26-23-20-17-14-11-8-2/h20,23,27-30,34,39,44,46,61,64,70-71H,7-19,21-22,24-26,31-33,35-38,40-43,45,47-60,62-63,65-69H2,1-6H3,(H-,74,76,78,79)/b23-20-,29-27+,30-28-,39-34-,46-44-,64-61-. The smallest absolute Gasteiger partial charge is 0.306 e. The monoisotopic (exact) mass is 1180 g/mol. The number of carbonyl (C=O) groups excluding carboxylic acids is 2. The quantitative estimate of drug-likeness (QED) is 0.0212. The lowest BCUT2D eigenvalue weighted by Gasteiger charge is -2.30. The van der Waals surface area contributed by atoms with Crippen molar-refractivity contribution in [3.63, 3.8) is 0 Å². The first-order valence-electron chi connectivity index (χ1n) is 35.2. The molecule has 0 fully saturated rings. The van der Waals surface area contributed by atoms with E-state index in [2.05, 4.69) is 86.8 Å². The number of hydrogen-bond acceptors (Lipinski definition) is 7. The maximum Gasteiger partial charge on any atom is 0.306 e. The summed E-state index contributed by atoms with van der Waals surface area (Å²) in [4.78, 5) is 40.1. The summed E-state index contributed by atoms with van der Waals surface area (Å²) >= 11 is 0. The van der Waals surface area contributed by atoms with E-state index in [-0.39, 0.29) is 24.9 Å². The van der Waals surface area contributed by atoms with Crippen molar-refractivity contribution in [3.8, 4) is 0 Å². The summed E-state index contributed by atoms with van der Waals surface area (Å²) in [5.41, 5.74) is 0. The first-order valence-corrected chi connectivity index (χ1v) is 36.7. The number of nitrogens with one attached hydrogen (secondary N) is 1. The Labute approximate surface area is 514 Å². The molecule has 0 spiro atoms. The van der Waals surface area contributed by atoms with Gasteiger partial charge in [0.25, 0.3) is 7.82 Å². The fourth-order valence-electron chi connectivity index (χ4n) is 10.1. The second-order valence-corrected chi connectivity index (χ2v) is 26.4. The van der Waals surface area contributed by atoms with Gasteiger partial charge < -0.3 is 28.5 Å². The van der Waals surface area contributed by atoms with Gasteiger partial charge >= 0.3 is 5.97 Å². The van der Waals surface area contributed by atoms with Crippen molar-refractivity contribution in [2.45, 2.75) is 341 Å². The number of quaternary nitrogens is 1. The lowest BCUT2D eigenvalue weighted by atomic mass is 10.0. The van der Waals surface area contributed by atoms with Gasteiger partial charge in [-0.2, -0.15) is 0 Å². The zero-order chi connectivity index (χ0) is 60.7. The molecule has 0 saturated heterocycles. The van der Waals surface area contributed by atoms with Gasteiger partial charge in [-0.3, -0.25) is 14.2 Å². The number of likely N-dealkylation sites (N-methyl/N-ethyl adjacent to an activating group) is 1. The van der Waals surface area contributed by atoms with Crippen LogP contribution in [0.5, 0.6) is 0 Å². The van der Waals surface area contributed by atoms with Crippen LogP contribution in [0.2, 0.25) is 0 Å². The molecule has 0 aliphatic heterocycles. The minimum absolute atomic E-state index is 0.0267. The van der Waals surface area contributed by atoms with E-state index in [9.17, 15) is 19.0 Å². The molecule has 0 aliphatic rings. The Morgan fingerprint density at radius 1 is 0.422 bits per heavy atom. The second kappa shape index (κ2) is 62.5. The zero-order valence-electron chi connectivity index (χ0n) is 55.4. The zero-order valence-corrected chi connectivity index (χ0v) is 56.3. The lowest BCUT2D eigenvalue weighted by Crippen LogP contribution is -2.47. The lowest BCUT2D eigenvalue weighted by molar-refractivity contribution is -0.870. The molecule has 83 heavy (non-hydrogen) atoms. The van der Waals surface area contributed by atoms with Gasteiger partial charge in [-0.15, -0.1) is 0 Å². The third kappa shape index (κ3) is 63.8. The number of rotatable bonds is 64. The van der Waals surface area contributed by atoms with Crippen LogP contribution in [-0.2, 0) is 27.9 Å². The summed E-state index contributed by atoms with van der Waals surface area (Å²) < 4.78 is 30.4. The molecule has 484 valence electrons. The fraction of sp³-hybridized carbons (Fsp3) is 0.808. The molecule has 0 saturated carbocycles. The molecule has 0 heterocycles. The number of ether oxygens (including phenoxy) is 1. The third-order valence-electron chi connectivity index (χ3n) is 15.6. The Morgan fingerprint density at radius 2 is 0.735 bits per heavy atom. The first kappa shape index (κ1) is 80.5. The number of amides is 1. The van der Waals surface area contributed by atoms with Crippen LogP contribution in [0.3, 0.4) is 0 Å². The van der Waals surface area contributed by atoms with Crippen molar-refractivity contribution in [3.05, 3.63) is 72.9 Å². The molecule has 1 N–H and O–H groups in total. The van der Waals surface area contributed by atoms with Crippen molar-refractivity contribution in [1.82, 2.24) is 5.32 Å². The highest BCUT2D eigenvalue weighted by atomic mass is 31.2. The van der Waals surface area contributed by atoms with Crippen molar-refractivity contribution in [1.29, 1.82) is 0 Å². The molecule has 0 bridgehead atoms. The van der Waals surface area contributed by atoms with Gasteiger partial charge in [-0.25, -0.2) is 0 Å². The number of phosphoric acid groups is 1. The van der Waals surface area contributed by atoms with E-state index >= 15 is 0 Å². The van der Waals surface area contributed by atoms with Gasteiger partial charge in [0.05, 0.1) is 33.8 Å². The predicted octanol–water partition coefficient (Wildman–Crippen LogP) is 21.7. The predicted molar refractivity (Wildman–Crippen MR) is 358 cm³/mol. The summed E-state index contributed by atoms with van der Waals surface area (Å²) in [7, 11) is 1.18. The first-order chi connectivity index (χ1) is 40.4. The number of esters is 1. The van der Waals surface area contributed by atoms with Crippen molar-refractivity contribution < 1.29 is 37.3 Å². The summed E-state index contributed by atoms with van der Waals surface area (Å²) in [5.74, 6) is -0.554. The van der Waals surface area contributed by atoms with E-state index in [0.29, 0.717) is 23.9 Å². The molecular weight excluding hydrogens is 1050 g/mol. The van der Waals surface area contributed by atoms with E-state index in [1.807, 2.05) is 33.3 Å². The SMILES string of the molecule is CCCCC/C=C\C/C=C\C/C=C\C/C=C\CCCCCCCC(=O)OC(/C=C\CCCCCCCCCCC)C(COP(=O)([O-])OCC[N+](C)(C)C)NC(=O)CCCCCCCCCCCCCCCCC/C=C/CCCCCCCC. The molecule has 0 aromatic rings. The molecule has 10 heteroatoms.